The van der Waals surface area contributed by atoms with E-state index in [0.717, 1.165) is 6.42 Å². The summed E-state index contributed by atoms with van der Waals surface area (Å²) in [7, 11) is 0. The van der Waals surface area contributed by atoms with Crippen LogP contribution >= 0.6 is 11.6 Å². The normalized spacial score (nSPS) is 43.0. The Kier molecular flexibility index (Phi) is 1.02. The average Bonchev–Trinajstić information content (AvgIpc) is 2.19. The van der Waals surface area contributed by atoms with Gasteiger partial charge in [0.2, 0.25) is 0 Å². The molecule has 1 nitrogen and oxygen atoms in total. The molecule has 1 fully saturated rings. The van der Waals surface area contributed by atoms with Gasteiger partial charge in [-0.25, -0.2) is 0 Å². The van der Waals surface area contributed by atoms with E-state index in [9.17, 15) is 0 Å². The Bertz CT molecular complexity index is 53.5. The largest absolute Gasteiger partial charge is 0.352 e. The van der Waals surface area contributed by atoms with Gasteiger partial charge in [-0.3, -0.25) is 0 Å². The minimum absolute atomic E-state index is 0.0370. The standard InChI is InChI=1S/C4H7ClO/c1-2-3-4(5)6-3/h3-4H,2H2,1H3/t3-,4-/m0/s1. The Morgan fingerprint density at radius 2 is 2.33 bits per heavy atom. The van der Waals surface area contributed by atoms with Gasteiger partial charge in [0.1, 0.15) is 0 Å². The number of alkyl halides is 1. The molecule has 0 radical (unpaired) electrons. The first-order valence-electron chi connectivity index (χ1n) is 2.14. The van der Waals surface area contributed by atoms with Crippen molar-refractivity contribution in [3.8, 4) is 0 Å². The fourth-order valence-corrected chi connectivity index (χ4v) is 0.713. The van der Waals surface area contributed by atoms with Gasteiger partial charge in [0.25, 0.3) is 0 Å². The third-order valence-electron chi connectivity index (χ3n) is 0.923. The first kappa shape index (κ1) is 4.41. The summed E-state index contributed by atoms with van der Waals surface area (Å²) in [6, 6.07) is 0. The predicted octanol–water partition coefficient (Wildman–Crippen LogP) is 1.36. The second-order valence-corrected chi connectivity index (χ2v) is 1.86. The van der Waals surface area contributed by atoms with Crippen LogP contribution in [0.3, 0.4) is 0 Å². The van der Waals surface area contributed by atoms with Crippen LogP contribution in [0.5, 0.6) is 0 Å². The topological polar surface area (TPSA) is 12.5 Å². The van der Waals surface area contributed by atoms with Crippen LogP contribution in [0.1, 0.15) is 13.3 Å². The van der Waals surface area contributed by atoms with Crippen LogP contribution in [-0.2, 0) is 4.74 Å². The molecule has 0 N–H and O–H groups in total. The Morgan fingerprint density at radius 1 is 1.83 bits per heavy atom. The van der Waals surface area contributed by atoms with E-state index < -0.39 is 0 Å². The monoisotopic (exact) mass is 106 g/mol. The molecule has 0 aromatic carbocycles. The molecule has 1 rings (SSSR count). The first-order valence-corrected chi connectivity index (χ1v) is 2.57. The van der Waals surface area contributed by atoms with E-state index in [0.29, 0.717) is 6.10 Å². The van der Waals surface area contributed by atoms with Gasteiger partial charge in [-0.15, -0.1) is 0 Å². The zero-order chi connectivity index (χ0) is 4.57. The lowest BCUT2D eigenvalue weighted by Gasteiger charge is -1.71. The van der Waals surface area contributed by atoms with Gasteiger partial charge in [-0.2, -0.15) is 0 Å². The molecule has 0 unspecified atom stereocenters. The molecule has 1 saturated heterocycles. The van der Waals surface area contributed by atoms with Crippen molar-refractivity contribution in [1.29, 1.82) is 0 Å². The number of hydrogen-bond donors (Lipinski definition) is 0. The number of rotatable bonds is 1. The van der Waals surface area contributed by atoms with Gasteiger partial charge in [-0.05, 0) is 6.42 Å². The molecule has 0 aromatic heterocycles. The van der Waals surface area contributed by atoms with Crippen molar-refractivity contribution in [2.75, 3.05) is 0 Å². The summed E-state index contributed by atoms with van der Waals surface area (Å²) in [4.78, 5) is 0. The molecule has 1 aliphatic rings. The molecule has 0 aromatic rings. The molecule has 6 heavy (non-hydrogen) atoms. The highest BCUT2D eigenvalue weighted by Crippen LogP contribution is 2.27. The van der Waals surface area contributed by atoms with E-state index in [1.165, 1.54) is 0 Å². The van der Waals surface area contributed by atoms with Crippen molar-refractivity contribution >= 4 is 11.6 Å². The van der Waals surface area contributed by atoms with E-state index >= 15 is 0 Å². The molecule has 2 atom stereocenters. The third-order valence-corrected chi connectivity index (χ3v) is 1.31. The third kappa shape index (κ3) is 0.660. The summed E-state index contributed by atoms with van der Waals surface area (Å²) in [6.07, 6.45) is 1.42. The molecule has 1 heterocycles. The average molecular weight is 107 g/mol. The zero-order valence-electron chi connectivity index (χ0n) is 3.65. The minimum Gasteiger partial charge on any atom is -0.352 e. The van der Waals surface area contributed by atoms with Crippen LogP contribution in [0.15, 0.2) is 0 Å². The maximum Gasteiger partial charge on any atom is 0.157 e. The van der Waals surface area contributed by atoms with Gasteiger partial charge in [0.05, 0.1) is 6.10 Å². The van der Waals surface area contributed by atoms with Crippen LogP contribution in [0.4, 0.5) is 0 Å². The number of epoxide rings is 1. The summed E-state index contributed by atoms with van der Waals surface area (Å²) in [5.41, 5.74) is 0.0370. The highest BCUT2D eigenvalue weighted by atomic mass is 35.5. The van der Waals surface area contributed by atoms with Gasteiger partial charge in [-0.1, -0.05) is 18.5 Å². The maximum absolute atomic E-state index is 5.43. The Hall–Kier alpha value is 0.250. The van der Waals surface area contributed by atoms with Gasteiger partial charge in [0, 0.05) is 0 Å². The van der Waals surface area contributed by atoms with Gasteiger partial charge >= 0.3 is 0 Å². The van der Waals surface area contributed by atoms with Crippen LogP contribution in [0, 0.1) is 0 Å². The van der Waals surface area contributed by atoms with Crippen molar-refractivity contribution in [2.24, 2.45) is 0 Å². The number of ether oxygens (including phenoxy) is 1. The lowest BCUT2D eigenvalue weighted by atomic mass is 10.4. The fourth-order valence-electron chi connectivity index (χ4n) is 0.403. The molecule has 0 bridgehead atoms. The van der Waals surface area contributed by atoms with Crippen LogP contribution in [-0.4, -0.2) is 11.7 Å². The van der Waals surface area contributed by atoms with E-state index in [1.54, 1.807) is 0 Å². The fraction of sp³-hybridized carbons (Fsp3) is 1.00. The smallest absolute Gasteiger partial charge is 0.157 e. The Morgan fingerprint density at radius 3 is 2.33 bits per heavy atom. The number of hydrogen-bond acceptors (Lipinski definition) is 1. The van der Waals surface area contributed by atoms with Crippen molar-refractivity contribution in [3.05, 3.63) is 0 Å². The molecule has 1 aliphatic heterocycles. The number of halogens is 1. The second kappa shape index (κ2) is 1.39. The molecule has 36 valence electrons. The van der Waals surface area contributed by atoms with Crippen molar-refractivity contribution in [3.63, 3.8) is 0 Å². The van der Waals surface area contributed by atoms with Crippen LogP contribution in [0.2, 0.25) is 0 Å². The summed E-state index contributed by atoms with van der Waals surface area (Å²) in [6.45, 7) is 2.06. The van der Waals surface area contributed by atoms with Crippen molar-refractivity contribution in [2.45, 2.75) is 25.0 Å². The van der Waals surface area contributed by atoms with E-state index in [4.69, 9.17) is 16.3 Å². The summed E-state index contributed by atoms with van der Waals surface area (Å²) in [5.74, 6) is 0. The summed E-state index contributed by atoms with van der Waals surface area (Å²) in [5, 5.41) is 0. The quantitative estimate of drug-likeness (QED) is 0.363. The van der Waals surface area contributed by atoms with Crippen molar-refractivity contribution in [1.82, 2.24) is 0 Å². The lowest BCUT2D eigenvalue weighted by molar-refractivity contribution is 0.394. The molecule has 0 aliphatic carbocycles. The maximum atomic E-state index is 5.43. The van der Waals surface area contributed by atoms with Crippen LogP contribution in [0.25, 0.3) is 0 Å². The first-order chi connectivity index (χ1) is 2.84. The molecule has 0 saturated carbocycles. The highest BCUT2D eigenvalue weighted by molar-refractivity contribution is 6.21. The van der Waals surface area contributed by atoms with Crippen molar-refractivity contribution < 1.29 is 4.74 Å². The molecule has 0 amide bonds. The predicted molar refractivity (Wildman–Crippen MR) is 24.8 cm³/mol. The minimum atomic E-state index is 0.0370. The SMILES string of the molecule is CC[C@@H]1O[C@@H]1Cl. The summed E-state index contributed by atoms with van der Waals surface area (Å²) < 4.78 is 4.83. The summed E-state index contributed by atoms with van der Waals surface area (Å²) >= 11 is 5.43. The van der Waals surface area contributed by atoms with Gasteiger partial charge < -0.3 is 4.74 Å². The Balaban J connectivity index is 2.09. The Labute approximate surface area is 42.2 Å². The van der Waals surface area contributed by atoms with Crippen LogP contribution < -0.4 is 0 Å². The van der Waals surface area contributed by atoms with E-state index in [-0.39, 0.29) is 5.56 Å². The zero-order valence-corrected chi connectivity index (χ0v) is 4.40. The molecule has 2 heteroatoms. The van der Waals surface area contributed by atoms with E-state index in [1.807, 2.05) is 0 Å². The second-order valence-electron chi connectivity index (χ2n) is 1.43. The molecule has 0 spiro atoms. The van der Waals surface area contributed by atoms with Gasteiger partial charge in [0.15, 0.2) is 5.56 Å². The molecular formula is C4H7ClO. The lowest BCUT2D eigenvalue weighted by Crippen LogP contribution is -1.79. The highest BCUT2D eigenvalue weighted by Gasteiger charge is 2.34. The van der Waals surface area contributed by atoms with E-state index in [2.05, 4.69) is 6.92 Å². The molecular weight excluding hydrogens is 99.5 g/mol.